The molecule has 0 bridgehead atoms. The Morgan fingerprint density at radius 3 is 2.31 bits per heavy atom. The van der Waals surface area contributed by atoms with Gasteiger partial charge in [0.1, 0.15) is 0 Å². The molecule has 0 radical (unpaired) electrons. The first-order valence-corrected chi connectivity index (χ1v) is 6.02. The average Bonchev–Trinajstić information content (AvgIpc) is 2.15. The van der Waals surface area contributed by atoms with Crippen molar-refractivity contribution in [2.75, 3.05) is 19.8 Å². The van der Waals surface area contributed by atoms with Crippen molar-refractivity contribution in [3.63, 3.8) is 0 Å². The lowest BCUT2D eigenvalue weighted by atomic mass is 10.5. The molecule has 0 heterocycles. The fourth-order valence-electron chi connectivity index (χ4n) is 0.486. The van der Waals surface area contributed by atoms with Crippen molar-refractivity contribution < 1.29 is 9.84 Å². The second-order valence-electron chi connectivity index (χ2n) is 2.20. The molecule has 0 aromatic carbocycles. The number of aliphatic hydroxyl groups excluding tert-OH is 1. The summed E-state index contributed by atoms with van der Waals surface area (Å²) in [4.78, 5) is 0. The van der Waals surface area contributed by atoms with Gasteiger partial charge >= 0.3 is 0 Å². The first-order chi connectivity index (χ1) is 6.11. The van der Waals surface area contributed by atoms with E-state index < -0.39 is 0 Å². The minimum absolute atomic E-state index is 0.0191. The van der Waals surface area contributed by atoms with E-state index in [2.05, 4.69) is 47.8 Å². The first-order valence-electron chi connectivity index (χ1n) is 3.64. The summed E-state index contributed by atoms with van der Waals surface area (Å²) in [6.07, 6.45) is 1.93. The maximum Gasteiger partial charge on any atom is 0.0795 e. The molecule has 0 saturated carbocycles. The Morgan fingerprint density at radius 2 is 1.85 bits per heavy atom. The molecule has 76 valence electrons. The van der Waals surface area contributed by atoms with Gasteiger partial charge in [0.25, 0.3) is 0 Å². The van der Waals surface area contributed by atoms with Gasteiger partial charge in [-0.05, 0) is 6.92 Å². The molecule has 0 aromatic heterocycles. The molecule has 0 unspecified atom stereocenters. The number of hydrogen-bond acceptors (Lipinski definition) is 2. The lowest BCUT2D eigenvalue weighted by Crippen LogP contribution is -1.98. The number of hydrogen-bond donors (Lipinski definition) is 1. The first kappa shape index (κ1) is 13.8. The fourth-order valence-corrected chi connectivity index (χ4v) is 1.05. The van der Waals surface area contributed by atoms with Gasteiger partial charge in [-0.3, -0.25) is 0 Å². The highest BCUT2D eigenvalue weighted by Crippen LogP contribution is 2.18. The number of halogens is 3. The van der Waals surface area contributed by atoms with Crippen molar-refractivity contribution in [2.45, 2.75) is 6.92 Å². The van der Waals surface area contributed by atoms with E-state index in [-0.39, 0.29) is 6.61 Å². The Morgan fingerprint density at radius 1 is 1.23 bits per heavy atom. The van der Waals surface area contributed by atoms with E-state index in [1.54, 1.807) is 0 Å². The standard InChI is InChI=1S/C8H11Br3O2/c1-2-6(9)4-13-5-8(11)7(10)3-12/h2,12H,3-5H2,1H3/b6-2-,8-7+. The third kappa shape index (κ3) is 6.85. The van der Waals surface area contributed by atoms with E-state index in [0.717, 1.165) is 8.96 Å². The lowest BCUT2D eigenvalue weighted by molar-refractivity contribution is 0.189. The Balaban J connectivity index is 3.78. The predicted octanol–water partition coefficient (Wildman–Crippen LogP) is 3.30. The summed E-state index contributed by atoms with van der Waals surface area (Å²) in [7, 11) is 0. The molecule has 0 saturated heterocycles. The smallest absolute Gasteiger partial charge is 0.0795 e. The average molecular weight is 379 g/mol. The quantitative estimate of drug-likeness (QED) is 0.795. The summed E-state index contributed by atoms with van der Waals surface area (Å²) < 4.78 is 7.85. The van der Waals surface area contributed by atoms with Gasteiger partial charge in [-0.25, -0.2) is 0 Å². The molecule has 13 heavy (non-hydrogen) atoms. The summed E-state index contributed by atoms with van der Waals surface area (Å²) in [5, 5.41) is 8.75. The molecule has 0 aliphatic carbocycles. The highest BCUT2D eigenvalue weighted by Gasteiger charge is 2.00. The van der Waals surface area contributed by atoms with E-state index in [1.807, 2.05) is 13.0 Å². The van der Waals surface area contributed by atoms with Gasteiger partial charge in [0.2, 0.25) is 0 Å². The van der Waals surface area contributed by atoms with E-state index in [0.29, 0.717) is 17.7 Å². The molecule has 0 spiro atoms. The van der Waals surface area contributed by atoms with Gasteiger partial charge in [-0.15, -0.1) is 0 Å². The largest absolute Gasteiger partial charge is 0.391 e. The SMILES string of the molecule is C/C=C(\Br)COC/C(Br)=C(\Br)CO. The monoisotopic (exact) mass is 376 g/mol. The number of rotatable bonds is 5. The lowest BCUT2D eigenvalue weighted by Gasteiger charge is -2.04. The summed E-state index contributed by atoms with van der Waals surface area (Å²) in [6.45, 7) is 2.90. The predicted molar refractivity (Wildman–Crippen MR) is 65.5 cm³/mol. The Labute approximate surface area is 103 Å². The molecule has 0 fully saturated rings. The third-order valence-electron chi connectivity index (χ3n) is 1.22. The summed E-state index contributed by atoms with van der Waals surface area (Å²) >= 11 is 9.82. The van der Waals surface area contributed by atoms with Gasteiger partial charge in [0.15, 0.2) is 0 Å². The van der Waals surface area contributed by atoms with Gasteiger partial charge < -0.3 is 9.84 Å². The highest BCUT2D eigenvalue weighted by atomic mass is 79.9. The van der Waals surface area contributed by atoms with Gasteiger partial charge in [0, 0.05) is 13.4 Å². The number of aliphatic hydroxyl groups is 1. The molecule has 0 aliphatic rings. The van der Waals surface area contributed by atoms with E-state index in [4.69, 9.17) is 9.84 Å². The molecule has 0 atom stereocenters. The van der Waals surface area contributed by atoms with Gasteiger partial charge in [0.05, 0.1) is 19.8 Å². The van der Waals surface area contributed by atoms with Gasteiger partial charge in [-0.2, -0.15) is 0 Å². The summed E-state index contributed by atoms with van der Waals surface area (Å²) in [5.41, 5.74) is 0. The zero-order valence-electron chi connectivity index (χ0n) is 7.19. The van der Waals surface area contributed by atoms with Crippen molar-refractivity contribution >= 4 is 47.8 Å². The second kappa shape index (κ2) is 8.17. The van der Waals surface area contributed by atoms with Gasteiger partial charge in [-0.1, -0.05) is 53.9 Å². The zero-order valence-corrected chi connectivity index (χ0v) is 11.9. The van der Waals surface area contributed by atoms with Crippen LogP contribution in [0.3, 0.4) is 0 Å². The molecular formula is C8H11Br3O2. The van der Waals surface area contributed by atoms with Crippen molar-refractivity contribution in [1.82, 2.24) is 0 Å². The van der Waals surface area contributed by atoms with Crippen molar-refractivity contribution in [3.05, 3.63) is 19.5 Å². The molecule has 2 nitrogen and oxygen atoms in total. The van der Waals surface area contributed by atoms with Crippen molar-refractivity contribution in [2.24, 2.45) is 0 Å². The van der Waals surface area contributed by atoms with Crippen LogP contribution in [0.4, 0.5) is 0 Å². The fraction of sp³-hybridized carbons (Fsp3) is 0.500. The Kier molecular flexibility index (Phi) is 8.70. The van der Waals surface area contributed by atoms with Crippen LogP contribution >= 0.6 is 47.8 Å². The summed E-state index contributed by atoms with van der Waals surface area (Å²) in [6, 6.07) is 0. The van der Waals surface area contributed by atoms with E-state index in [9.17, 15) is 0 Å². The maximum atomic E-state index is 8.75. The normalized spacial score (nSPS) is 14.4. The van der Waals surface area contributed by atoms with E-state index in [1.165, 1.54) is 0 Å². The minimum Gasteiger partial charge on any atom is -0.391 e. The van der Waals surface area contributed by atoms with Crippen LogP contribution in [0.1, 0.15) is 6.92 Å². The molecule has 0 rings (SSSR count). The molecule has 1 N–H and O–H groups in total. The summed E-state index contributed by atoms with van der Waals surface area (Å²) in [5.74, 6) is 0. The molecule has 0 aliphatic heterocycles. The Bertz CT molecular complexity index is 211. The second-order valence-corrected chi connectivity index (χ2v) is 5.13. The minimum atomic E-state index is -0.0191. The molecular weight excluding hydrogens is 368 g/mol. The van der Waals surface area contributed by atoms with Crippen LogP contribution in [0.15, 0.2) is 19.5 Å². The third-order valence-corrected chi connectivity index (χ3v) is 3.87. The van der Waals surface area contributed by atoms with Crippen LogP contribution in [-0.4, -0.2) is 24.9 Å². The van der Waals surface area contributed by atoms with Crippen LogP contribution < -0.4 is 0 Å². The van der Waals surface area contributed by atoms with Crippen LogP contribution in [0.5, 0.6) is 0 Å². The highest BCUT2D eigenvalue weighted by molar-refractivity contribution is 9.14. The molecule has 0 amide bonds. The topological polar surface area (TPSA) is 29.5 Å². The van der Waals surface area contributed by atoms with E-state index >= 15 is 0 Å². The van der Waals surface area contributed by atoms with Crippen molar-refractivity contribution in [1.29, 1.82) is 0 Å². The Hall–Kier alpha value is 0.840. The number of allylic oxidation sites excluding steroid dienone is 1. The van der Waals surface area contributed by atoms with Crippen LogP contribution in [0, 0.1) is 0 Å². The van der Waals surface area contributed by atoms with Crippen LogP contribution in [-0.2, 0) is 4.74 Å². The van der Waals surface area contributed by atoms with Crippen molar-refractivity contribution in [3.8, 4) is 0 Å². The maximum absolute atomic E-state index is 8.75. The molecule has 0 aromatic rings. The zero-order chi connectivity index (χ0) is 10.3. The number of ether oxygens (including phenoxy) is 1. The molecule has 5 heteroatoms. The van der Waals surface area contributed by atoms with Crippen LogP contribution in [0.2, 0.25) is 0 Å². The van der Waals surface area contributed by atoms with Crippen LogP contribution in [0.25, 0.3) is 0 Å².